The van der Waals surface area contributed by atoms with Crippen molar-refractivity contribution in [1.29, 1.82) is 0 Å². The van der Waals surface area contributed by atoms with Crippen molar-refractivity contribution in [3.8, 4) is 0 Å². The molecule has 0 aromatic heterocycles. The van der Waals surface area contributed by atoms with Gasteiger partial charge < -0.3 is 5.11 Å². The number of carboxylic acids is 1. The van der Waals surface area contributed by atoms with E-state index in [-0.39, 0.29) is 5.92 Å². The van der Waals surface area contributed by atoms with E-state index >= 15 is 0 Å². The number of aryl methyl sites for hydroxylation is 2. The highest BCUT2D eigenvalue weighted by molar-refractivity contribution is 5.70. The van der Waals surface area contributed by atoms with Crippen LogP contribution in [0.5, 0.6) is 0 Å². The number of aliphatic carboxylic acids is 1. The van der Waals surface area contributed by atoms with Crippen LogP contribution in [-0.2, 0) is 11.2 Å². The maximum Gasteiger partial charge on any atom is 0.306 e. The molecule has 1 aromatic rings. The third-order valence-electron chi connectivity index (χ3n) is 4.88. The van der Waals surface area contributed by atoms with Crippen LogP contribution in [0.1, 0.15) is 55.7 Å². The van der Waals surface area contributed by atoms with Crippen LogP contribution >= 0.6 is 0 Å². The molecule has 116 valence electrons. The van der Waals surface area contributed by atoms with Crippen LogP contribution in [0.25, 0.3) is 0 Å². The Morgan fingerprint density at radius 2 is 1.86 bits per heavy atom. The Hall–Kier alpha value is -1.31. The fourth-order valence-corrected chi connectivity index (χ4v) is 4.07. The van der Waals surface area contributed by atoms with E-state index in [2.05, 4.69) is 39.0 Å². The number of carboxylic acid groups (broad SMARTS) is 1. The number of hydrogen-bond donors (Lipinski definition) is 1. The van der Waals surface area contributed by atoms with Crippen molar-refractivity contribution in [3.63, 3.8) is 0 Å². The topological polar surface area (TPSA) is 37.3 Å². The first-order valence-electron chi connectivity index (χ1n) is 8.29. The third-order valence-corrected chi connectivity index (χ3v) is 4.88. The van der Waals surface area contributed by atoms with Crippen molar-refractivity contribution in [1.82, 2.24) is 0 Å². The lowest BCUT2D eigenvalue weighted by molar-refractivity contribution is -0.145. The Balaban J connectivity index is 2.13. The highest BCUT2D eigenvalue weighted by Gasteiger charge is 2.34. The van der Waals surface area contributed by atoms with Gasteiger partial charge in [-0.25, -0.2) is 0 Å². The summed E-state index contributed by atoms with van der Waals surface area (Å²) in [4.78, 5) is 11.6. The van der Waals surface area contributed by atoms with Crippen molar-refractivity contribution < 1.29 is 9.90 Å². The molecule has 0 saturated heterocycles. The van der Waals surface area contributed by atoms with Crippen LogP contribution < -0.4 is 0 Å². The van der Waals surface area contributed by atoms with Gasteiger partial charge in [0.25, 0.3) is 0 Å². The minimum Gasteiger partial charge on any atom is -0.481 e. The van der Waals surface area contributed by atoms with Crippen LogP contribution in [0.15, 0.2) is 18.2 Å². The molecular weight excluding hydrogens is 260 g/mol. The number of rotatable bonds is 5. The Labute approximate surface area is 128 Å². The second-order valence-corrected chi connectivity index (χ2v) is 6.87. The zero-order chi connectivity index (χ0) is 15.4. The van der Waals surface area contributed by atoms with Gasteiger partial charge in [0.2, 0.25) is 0 Å². The van der Waals surface area contributed by atoms with E-state index in [1.54, 1.807) is 0 Å². The second kappa shape index (κ2) is 7.11. The largest absolute Gasteiger partial charge is 0.481 e. The fraction of sp³-hybridized carbons (Fsp3) is 0.632. The van der Waals surface area contributed by atoms with E-state index in [1.807, 2.05) is 0 Å². The summed E-state index contributed by atoms with van der Waals surface area (Å²) in [5.41, 5.74) is 3.86. The van der Waals surface area contributed by atoms with Gasteiger partial charge in [0.15, 0.2) is 0 Å². The second-order valence-electron chi connectivity index (χ2n) is 6.87. The molecule has 0 radical (unpaired) electrons. The molecule has 1 fully saturated rings. The highest BCUT2D eigenvalue weighted by atomic mass is 16.4. The minimum atomic E-state index is -0.598. The van der Waals surface area contributed by atoms with Gasteiger partial charge in [-0.1, -0.05) is 49.1 Å². The van der Waals surface area contributed by atoms with E-state index < -0.39 is 5.97 Å². The summed E-state index contributed by atoms with van der Waals surface area (Å²) in [6.07, 6.45) is 6.40. The van der Waals surface area contributed by atoms with Gasteiger partial charge in [0.05, 0.1) is 5.92 Å². The molecule has 21 heavy (non-hydrogen) atoms. The van der Waals surface area contributed by atoms with E-state index in [0.29, 0.717) is 5.92 Å². The molecule has 3 unspecified atom stereocenters. The number of benzene rings is 1. The summed E-state index contributed by atoms with van der Waals surface area (Å²) in [6.45, 7) is 6.46. The molecule has 2 heteroatoms. The first kappa shape index (κ1) is 16.1. The summed E-state index contributed by atoms with van der Waals surface area (Å²) >= 11 is 0. The molecule has 2 nitrogen and oxygen atoms in total. The monoisotopic (exact) mass is 288 g/mol. The van der Waals surface area contributed by atoms with Crippen molar-refractivity contribution in [2.75, 3.05) is 0 Å². The van der Waals surface area contributed by atoms with Crippen molar-refractivity contribution >= 4 is 5.97 Å². The normalized spacial score (nSPS) is 25.8. The summed E-state index contributed by atoms with van der Waals surface area (Å²) in [7, 11) is 0. The van der Waals surface area contributed by atoms with Crippen LogP contribution in [0.4, 0.5) is 0 Å². The lowest BCUT2D eigenvalue weighted by Gasteiger charge is -2.34. The zero-order valence-corrected chi connectivity index (χ0v) is 13.6. The van der Waals surface area contributed by atoms with Crippen molar-refractivity contribution in [2.24, 2.45) is 17.8 Å². The first-order chi connectivity index (χ1) is 9.99. The molecular formula is C19H28O2. The van der Waals surface area contributed by atoms with E-state index in [1.165, 1.54) is 29.5 Å². The number of carbonyl (C=O) groups is 1. The number of hydrogen-bond acceptors (Lipinski definition) is 1. The van der Waals surface area contributed by atoms with Gasteiger partial charge in [-0.05, 0) is 56.9 Å². The molecule has 0 aliphatic heterocycles. The van der Waals surface area contributed by atoms with Crippen molar-refractivity contribution in [2.45, 2.75) is 59.3 Å². The molecule has 0 bridgehead atoms. The molecule has 3 atom stereocenters. The Morgan fingerprint density at radius 3 is 2.43 bits per heavy atom. The average Bonchev–Trinajstić information content (AvgIpc) is 2.37. The van der Waals surface area contributed by atoms with E-state index in [9.17, 15) is 9.90 Å². The fourth-order valence-electron chi connectivity index (χ4n) is 4.07. The Bertz CT molecular complexity index is 472. The minimum absolute atomic E-state index is 0.154. The molecule has 1 aliphatic rings. The van der Waals surface area contributed by atoms with E-state index in [4.69, 9.17) is 0 Å². The average molecular weight is 288 g/mol. The smallest absolute Gasteiger partial charge is 0.306 e. The summed E-state index contributed by atoms with van der Waals surface area (Å²) < 4.78 is 0. The lowest BCUT2D eigenvalue weighted by Crippen LogP contribution is -2.32. The maximum absolute atomic E-state index is 11.6. The molecule has 1 aliphatic carbocycles. The van der Waals surface area contributed by atoms with Crippen LogP contribution in [0.2, 0.25) is 0 Å². The molecule has 0 amide bonds. The molecule has 1 aromatic carbocycles. The Kier molecular flexibility index (Phi) is 5.44. The molecule has 0 spiro atoms. The molecule has 2 rings (SSSR count). The van der Waals surface area contributed by atoms with Crippen LogP contribution in [0.3, 0.4) is 0 Å². The predicted molar refractivity (Wildman–Crippen MR) is 86.5 cm³/mol. The first-order valence-corrected chi connectivity index (χ1v) is 8.29. The summed E-state index contributed by atoms with van der Waals surface area (Å²) in [6, 6.07) is 6.61. The lowest BCUT2D eigenvalue weighted by atomic mass is 9.70. The van der Waals surface area contributed by atoms with Crippen LogP contribution in [-0.4, -0.2) is 11.1 Å². The molecule has 1 saturated carbocycles. The summed E-state index contributed by atoms with van der Waals surface area (Å²) in [5.74, 6) is 0.272. The molecule has 1 N–H and O–H groups in total. The third kappa shape index (κ3) is 4.33. The maximum atomic E-state index is 11.6. The van der Waals surface area contributed by atoms with Crippen molar-refractivity contribution in [3.05, 3.63) is 34.9 Å². The van der Waals surface area contributed by atoms with Gasteiger partial charge in [-0.3, -0.25) is 4.79 Å². The van der Waals surface area contributed by atoms with Gasteiger partial charge in [0.1, 0.15) is 0 Å². The van der Waals surface area contributed by atoms with Crippen LogP contribution in [0, 0.1) is 31.6 Å². The van der Waals surface area contributed by atoms with Gasteiger partial charge in [-0.2, -0.15) is 0 Å². The highest BCUT2D eigenvalue weighted by Crippen LogP contribution is 2.38. The predicted octanol–water partition coefficient (Wildman–Crippen LogP) is 4.76. The SMILES string of the molecule is CCCC1CCC(C(=O)O)C(Cc2cc(C)cc(C)c2)C1. The van der Waals surface area contributed by atoms with Gasteiger partial charge in [-0.15, -0.1) is 0 Å². The quantitative estimate of drug-likeness (QED) is 0.848. The zero-order valence-electron chi connectivity index (χ0n) is 13.6. The van der Waals surface area contributed by atoms with E-state index in [0.717, 1.165) is 31.6 Å². The Morgan fingerprint density at radius 1 is 1.19 bits per heavy atom. The van der Waals surface area contributed by atoms with Gasteiger partial charge in [0, 0.05) is 0 Å². The van der Waals surface area contributed by atoms with Gasteiger partial charge >= 0.3 is 5.97 Å². The molecule has 0 heterocycles. The standard InChI is InChI=1S/C19H28O2/c1-4-5-15-6-7-18(19(20)21)17(11-15)12-16-9-13(2)8-14(3)10-16/h8-10,15,17-18H,4-7,11-12H2,1-3H3,(H,20,21). The summed E-state index contributed by atoms with van der Waals surface area (Å²) in [5, 5.41) is 9.51.